The van der Waals surface area contributed by atoms with Gasteiger partial charge in [0.25, 0.3) is 0 Å². The number of hydrogen-bond donors (Lipinski definition) is 1. The Morgan fingerprint density at radius 2 is 1.65 bits per heavy atom. The van der Waals surface area contributed by atoms with Crippen LogP contribution in [0, 0.1) is 16.2 Å². The lowest BCUT2D eigenvalue weighted by Crippen LogP contribution is -2.52. The highest BCUT2D eigenvalue weighted by molar-refractivity contribution is 5.92. The van der Waals surface area contributed by atoms with Gasteiger partial charge in [0.1, 0.15) is 5.75 Å². The molecule has 3 atom stereocenters. The summed E-state index contributed by atoms with van der Waals surface area (Å²) in [5, 5.41) is 12.0. The smallest absolute Gasteiger partial charge is 0.131 e. The molecular weight excluding hydrogens is 484 g/mol. The number of phenols is 1. The maximum atomic E-state index is 12.0. The van der Waals surface area contributed by atoms with E-state index >= 15 is 0 Å². The van der Waals surface area contributed by atoms with Crippen molar-refractivity contribution < 1.29 is 5.11 Å². The van der Waals surface area contributed by atoms with Crippen LogP contribution in [0.2, 0.25) is 0 Å². The Morgan fingerprint density at radius 3 is 2.20 bits per heavy atom. The molecule has 1 nitrogen and oxygen atoms in total. The molecule has 3 aliphatic carbocycles. The summed E-state index contributed by atoms with van der Waals surface area (Å²) in [6, 6.07) is 10.9. The van der Waals surface area contributed by atoms with Gasteiger partial charge in [-0.05, 0) is 114 Å². The SMILES string of the molecule is C=C(C)C1=C(C)C[C@@]2(C)C[C@@]3(C)Cc4c(C(C)C)cc(-c5ccc(CC)cc5)c(O)c4C(=C)C3=C(C)[C@@]2(C)C1=C. The fourth-order valence-electron chi connectivity index (χ4n) is 9.07. The summed E-state index contributed by atoms with van der Waals surface area (Å²) in [4.78, 5) is 0. The summed E-state index contributed by atoms with van der Waals surface area (Å²) in [6.45, 7) is 34.6. The van der Waals surface area contributed by atoms with E-state index in [4.69, 9.17) is 13.2 Å². The molecule has 0 bridgehead atoms. The van der Waals surface area contributed by atoms with Crippen LogP contribution in [0.25, 0.3) is 16.7 Å². The summed E-state index contributed by atoms with van der Waals surface area (Å²) in [5.41, 5.74) is 15.2. The quantitative estimate of drug-likeness (QED) is 0.415. The topological polar surface area (TPSA) is 20.2 Å². The maximum absolute atomic E-state index is 12.0. The van der Waals surface area contributed by atoms with E-state index in [1.807, 2.05) is 0 Å². The predicted octanol–water partition coefficient (Wildman–Crippen LogP) is 10.9. The first-order valence-electron chi connectivity index (χ1n) is 15.1. The van der Waals surface area contributed by atoms with Crippen LogP contribution in [0.1, 0.15) is 103 Å². The molecule has 3 aliphatic rings. The van der Waals surface area contributed by atoms with Crippen LogP contribution >= 0.6 is 0 Å². The Bertz CT molecular complexity index is 1540. The number of allylic oxidation sites excluding steroid dienone is 7. The van der Waals surface area contributed by atoms with E-state index in [1.165, 1.54) is 44.6 Å². The van der Waals surface area contributed by atoms with Crippen molar-refractivity contribution in [3.05, 3.63) is 106 Å². The van der Waals surface area contributed by atoms with Crippen LogP contribution in [-0.2, 0) is 12.8 Å². The first kappa shape index (κ1) is 28.5. The number of fused-ring (bicyclic) bond motifs is 3. The molecule has 0 radical (unpaired) electrons. The second kappa shape index (κ2) is 9.23. The van der Waals surface area contributed by atoms with Crippen LogP contribution in [0.15, 0.2) is 83.5 Å². The molecule has 2 aromatic carbocycles. The Labute approximate surface area is 243 Å². The summed E-state index contributed by atoms with van der Waals surface area (Å²) in [5.74, 6) is 0.712. The van der Waals surface area contributed by atoms with Crippen LogP contribution in [0.5, 0.6) is 5.75 Å². The van der Waals surface area contributed by atoms with Crippen molar-refractivity contribution >= 4 is 5.57 Å². The van der Waals surface area contributed by atoms with Gasteiger partial charge in [0.15, 0.2) is 0 Å². The van der Waals surface area contributed by atoms with Gasteiger partial charge in [0.2, 0.25) is 0 Å². The number of aryl methyl sites for hydroxylation is 1. The van der Waals surface area contributed by atoms with E-state index in [1.54, 1.807) is 0 Å². The van der Waals surface area contributed by atoms with E-state index in [0.717, 1.165) is 53.5 Å². The van der Waals surface area contributed by atoms with Crippen molar-refractivity contribution in [3.8, 4) is 16.9 Å². The van der Waals surface area contributed by atoms with Gasteiger partial charge in [-0.1, -0.05) is 102 Å². The lowest BCUT2D eigenvalue weighted by atomic mass is 9.41. The molecule has 0 amide bonds. The molecule has 40 heavy (non-hydrogen) atoms. The fraction of sp³-hybridized carbons (Fsp3) is 0.436. The number of rotatable bonds is 4. The first-order chi connectivity index (χ1) is 18.6. The van der Waals surface area contributed by atoms with Crippen LogP contribution in [-0.4, -0.2) is 5.11 Å². The van der Waals surface area contributed by atoms with E-state index in [2.05, 4.69) is 99.2 Å². The molecule has 0 aliphatic heterocycles. The third-order valence-electron chi connectivity index (χ3n) is 11.0. The van der Waals surface area contributed by atoms with Crippen molar-refractivity contribution in [2.75, 3.05) is 0 Å². The van der Waals surface area contributed by atoms with E-state index in [9.17, 15) is 5.11 Å². The molecule has 1 heteroatoms. The molecular formula is C39H48O. The Kier molecular flexibility index (Phi) is 6.57. The van der Waals surface area contributed by atoms with E-state index < -0.39 is 0 Å². The average molecular weight is 533 g/mol. The van der Waals surface area contributed by atoms with Crippen molar-refractivity contribution in [3.63, 3.8) is 0 Å². The molecule has 0 aromatic heterocycles. The van der Waals surface area contributed by atoms with Gasteiger partial charge in [-0.3, -0.25) is 0 Å². The largest absolute Gasteiger partial charge is 0.507 e. The summed E-state index contributed by atoms with van der Waals surface area (Å²) in [7, 11) is 0. The van der Waals surface area contributed by atoms with Crippen LogP contribution in [0.4, 0.5) is 0 Å². The standard InChI is InChI=1S/C39H48O/c1-13-28-14-16-29(17-15-28)31-18-30(22(2)3)32-20-37(10)21-38(11)19-24(6)33(23(4)5)26(8)39(38,12)27(9)35(37)25(7)34(32)36(31)40/h14-18,22,40H,4,7-8,13,19-21H2,1-3,5-6,9-12H3/t37-,38+,39-/m1/s1. The molecule has 0 spiro atoms. The minimum absolute atomic E-state index is 0.0359. The molecule has 0 saturated heterocycles. The number of phenolic OH excluding ortho intramolecular Hbond substituents is 1. The van der Waals surface area contributed by atoms with E-state index in [-0.39, 0.29) is 16.2 Å². The zero-order valence-corrected chi connectivity index (χ0v) is 26.4. The van der Waals surface area contributed by atoms with Gasteiger partial charge in [0.05, 0.1) is 0 Å². The predicted molar refractivity (Wildman–Crippen MR) is 173 cm³/mol. The zero-order chi connectivity index (χ0) is 29.5. The summed E-state index contributed by atoms with van der Waals surface area (Å²) in [6.07, 6.45) is 4.01. The lowest BCUT2D eigenvalue weighted by molar-refractivity contribution is 0.0542. The number of benzene rings is 2. The lowest BCUT2D eigenvalue weighted by Gasteiger charge is -2.62. The molecule has 1 N–H and O–H groups in total. The maximum Gasteiger partial charge on any atom is 0.131 e. The molecule has 0 heterocycles. The molecule has 5 rings (SSSR count). The third-order valence-corrected chi connectivity index (χ3v) is 11.0. The highest BCUT2D eigenvalue weighted by Gasteiger charge is 2.60. The van der Waals surface area contributed by atoms with Crippen LogP contribution in [0.3, 0.4) is 0 Å². The molecule has 0 fully saturated rings. The zero-order valence-electron chi connectivity index (χ0n) is 26.4. The van der Waals surface area contributed by atoms with Gasteiger partial charge >= 0.3 is 0 Å². The fourth-order valence-corrected chi connectivity index (χ4v) is 9.07. The molecule has 0 unspecified atom stereocenters. The van der Waals surface area contributed by atoms with Crippen molar-refractivity contribution in [2.24, 2.45) is 16.2 Å². The number of hydrogen-bond acceptors (Lipinski definition) is 1. The van der Waals surface area contributed by atoms with E-state index in [0.29, 0.717) is 11.7 Å². The first-order valence-corrected chi connectivity index (χ1v) is 15.1. The van der Waals surface area contributed by atoms with Gasteiger partial charge in [0, 0.05) is 16.5 Å². The van der Waals surface area contributed by atoms with Crippen molar-refractivity contribution in [2.45, 2.75) is 93.9 Å². The third kappa shape index (κ3) is 3.73. The Hall–Kier alpha value is -3.06. The minimum atomic E-state index is -0.208. The summed E-state index contributed by atoms with van der Waals surface area (Å²) >= 11 is 0. The Morgan fingerprint density at radius 1 is 1.02 bits per heavy atom. The number of aromatic hydroxyl groups is 1. The average Bonchev–Trinajstić information content (AvgIpc) is 2.85. The van der Waals surface area contributed by atoms with Crippen molar-refractivity contribution in [1.82, 2.24) is 0 Å². The highest BCUT2D eigenvalue weighted by Crippen LogP contribution is 2.70. The molecule has 2 aromatic rings. The van der Waals surface area contributed by atoms with Crippen molar-refractivity contribution in [1.29, 1.82) is 0 Å². The van der Waals surface area contributed by atoms with Gasteiger partial charge < -0.3 is 5.11 Å². The second-order valence-electron chi connectivity index (χ2n) is 14.1. The van der Waals surface area contributed by atoms with Gasteiger partial charge in [-0.2, -0.15) is 0 Å². The molecule has 0 saturated carbocycles. The van der Waals surface area contributed by atoms with Gasteiger partial charge in [-0.15, -0.1) is 0 Å². The monoisotopic (exact) mass is 532 g/mol. The summed E-state index contributed by atoms with van der Waals surface area (Å²) < 4.78 is 0. The van der Waals surface area contributed by atoms with Crippen LogP contribution < -0.4 is 0 Å². The normalized spacial score (nSPS) is 28.1. The minimum Gasteiger partial charge on any atom is -0.507 e. The molecule has 210 valence electrons. The van der Waals surface area contributed by atoms with Gasteiger partial charge in [-0.25, -0.2) is 0 Å². The highest BCUT2D eigenvalue weighted by atomic mass is 16.3. The second-order valence-corrected chi connectivity index (χ2v) is 14.1. The Balaban J connectivity index is 1.78.